The van der Waals surface area contributed by atoms with E-state index in [-0.39, 0.29) is 16.5 Å². The van der Waals surface area contributed by atoms with E-state index in [2.05, 4.69) is 10.0 Å². The molecule has 28 heavy (non-hydrogen) atoms. The summed E-state index contributed by atoms with van der Waals surface area (Å²) in [4.78, 5) is 12.3. The van der Waals surface area contributed by atoms with E-state index in [9.17, 15) is 17.6 Å². The highest BCUT2D eigenvalue weighted by Gasteiger charge is 2.17. The van der Waals surface area contributed by atoms with Gasteiger partial charge in [0.1, 0.15) is 5.82 Å². The third kappa shape index (κ3) is 4.55. The van der Waals surface area contributed by atoms with E-state index in [1.807, 2.05) is 25.1 Å². The number of amides is 1. The van der Waals surface area contributed by atoms with E-state index < -0.39 is 15.8 Å². The Kier molecular flexibility index (Phi) is 5.75. The average molecular weight is 398 g/mol. The van der Waals surface area contributed by atoms with Crippen LogP contribution >= 0.6 is 0 Å². The van der Waals surface area contributed by atoms with E-state index in [4.69, 9.17) is 0 Å². The standard InChI is InChI=1S/C21H19FN2O3S/c1-2-15-6-5-7-17(14-15)23-21(25)16-10-12-18(13-11-16)28(26,27)24-20-9-4-3-8-19(20)22/h3-14,24H,2H2,1H3,(H,23,25). The molecule has 0 aliphatic heterocycles. The molecule has 3 aromatic carbocycles. The smallest absolute Gasteiger partial charge is 0.261 e. The Bertz CT molecular complexity index is 1100. The molecule has 144 valence electrons. The number of aryl methyl sites for hydroxylation is 1. The Balaban J connectivity index is 1.75. The molecule has 5 nitrogen and oxygen atoms in total. The first-order valence-electron chi connectivity index (χ1n) is 8.67. The molecule has 3 aromatic rings. The first-order chi connectivity index (χ1) is 13.4. The first kappa shape index (κ1) is 19.6. The molecule has 3 rings (SSSR count). The van der Waals surface area contributed by atoms with Gasteiger partial charge in [-0.2, -0.15) is 0 Å². The lowest BCUT2D eigenvalue weighted by Crippen LogP contribution is -2.15. The van der Waals surface area contributed by atoms with E-state index in [1.165, 1.54) is 48.5 Å². The Hall–Kier alpha value is -3.19. The highest BCUT2D eigenvalue weighted by molar-refractivity contribution is 7.92. The van der Waals surface area contributed by atoms with E-state index >= 15 is 0 Å². The minimum absolute atomic E-state index is 0.0692. The minimum atomic E-state index is -3.97. The van der Waals surface area contributed by atoms with Crippen LogP contribution in [0, 0.1) is 5.82 Å². The maximum absolute atomic E-state index is 13.7. The number of sulfonamides is 1. The number of halogens is 1. The third-order valence-corrected chi connectivity index (χ3v) is 5.52. The summed E-state index contributed by atoms with van der Waals surface area (Å²) in [7, 11) is -3.97. The lowest BCUT2D eigenvalue weighted by Gasteiger charge is -2.10. The fourth-order valence-corrected chi connectivity index (χ4v) is 3.67. The summed E-state index contributed by atoms with van der Waals surface area (Å²) in [5, 5.41) is 2.78. The van der Waals surface area contributed by atoms with Crippen LogP contribution in [0.15, 0.2) is 77.7 Å². The van der Waals surface area contributed by atoms with Crippen LogP contribution in [-0.4, -0.2) is 14.3 Å². The molecule has 2 N–H and O–H groups in total. The zero-order valence-corrected chi connectivity index (χ0v) is 16.0. The molecule has 0 spiro atoms. The van der Waals surface area contributed by atoms with Crippen LogP contribution in [0.3, 0.4) is 0 Å². The summed E-state index contributed by atoms with van der Waals surface area (Å²) >= 11 is 0. The number of anilines is 2. The second-order valence-electron chi connectivity index (χ2n) is 6.12. The Morgan fingerprint density at radius 1 is 0.964 bits per heavy atom. The number of benzene rings is 3. The summed E-state index contributed by atoms with van der Waals surface area (Å²) in [6.07, 6.45) is 0.852. The van der Waals surface area contributed by atoms with Crippen molar-refractivity contribution in [3.63, 3.8) is 0 Å². The molecule has 0 atom stereocenters. The van der Waals surface area contributed by atoms with Gasteiger partial charge in [0.2, 0.25) is 0 Å². The average Bonchev–Trinajstić information content (AvgIpc) is 2.70. The van der Waals surface area contributed by atoms with Crippen LogP contribution in [0.5, 0.6) is 0 Å². The molecule has 1 amide bonds. The number of para-hydroxylation sites is 1. The summed E-state index contributed by atoms with van der Waals surface area (Å²) in [6, 6.07) is 18.4. The highest BCUT2D eigenvalue weighted by atomic mass is 32.2. The molecular formula is C21H19FN2O3S. The maximum Gasteiger partial charge on any atom is 0.261 e. The van der Waals surface area contributed by atoms with Crippen LogP contribution in [0.4, 0.5) is 15.8 Å². The van der Waals surface area contributed by atoms with Gasteiger partial charge in [-0.3, -0.25) is 9.52 Å². The summed E-state index contributed by atoms with van der Waals surface area (Å²) < 4.78 is 40.7. The van der Waals surface area contributed by atoms with E-state index in [0.717, 1.165) is 12.0 Å². The van der Waals surface area contributed by atoms with Gasteiger partial charge in [-0.15, -0.1) is 0 Å². The number of carbonyl (C=O) groups is 1. The Morgan fingerprint density at radius 2 is 1.68 bits per heavy atom. The molecule has 0 radical (unpaired) electrons. The predicted molar refractivity (Wildman–Crippen MR) is 107 cm³/mol. The zero-order chi connectivity index (χ0) is 20.1. The Labute approximate surface area is 163 Å². The number of hydrogen-bond acceptors (Lipinski definition) is 3. The van der Waals surface area contributed by atoms with Gasteiger partial charge in [-0.05, 0) is 60.5 Å². The normalized spacial score (nSPS) is 11.1. The zero-order valence-electron chi connectivity index (χ0n) is 15.1. The summed E-state index contributed by atoms with van der Waals surface area (Å²) in [6.45, 7) is 2.02. The molecule has 0 unspecified atom stereocenters. The van der Waals surface area contributed by atoms with Crippen molar-refractivity contribution in [2.75, 3.05) is 10.0 Å². The number of hydrogen-bond donors (Lipinski definition) is 2. The molecule has 0 saturated heterocycles. The van der Waals surface area contributed by atoms with Crippen molar-refractivity contribution < 1.29 is 17.6 Å². The third-order valence-electron chi connectivity index (χ3n) is 4.14. The fraction of sp³-hybridized carbons (Fsp3) is 0.0952. The van der Waals surface area contributed by atoms with Crippen LogP contribution in [-0.2, 0) is 16.4 Å². The van der Waals surface area contributed by atoms with Crippen molar-refractivity contribution in [1.82, 2.24) is 0 Å². The molecule has 7 heteroatoms. The van der Waals surface area contributed by atoms with Crippen LogP contribution < -0.4 is 10.0 Å². The molecule has 0 bridgehead atoms. The largest absolute Gasteiger partial charge is 0.322 e. The first-order valence-corrected chi connectivity index (χ1v) is 10.1. The second-order valence-corrected chi connectivity index (χ2v) is 7.80. The van der Waals surface area contributed by atoms with Gasteiger partial charge in [-0.25, -0.2) is 12.8 Å². The van der Waals surface area contributed by atoms with Gasteiger partial charge >= 0.3 is 0 Å². The van der Waals surface area contributed by atoms with Crippen LogP contribution in [0.1, 0.15) is 22.8 Å². The number of nitrogens with one attached hydrogen (secondary N) is 2. The summed E-state index contributed by atoms with van der Waals surface area (Å²) in [5.41, 5.74) is 1.94. The highest BCUT2D eigenvalue weighted by Crippen LogP contribution is 2.20. The van der Waals surface area contributed by atoms with Crippen molar-refractivity contribution >= 4 is 27.3 Å². The molecule has 0 aliphatic carbocycles. The quantitative estimate of drug-likeness (QED) is 0.645. The van der Waals surface area contributed by atoms with Crippen molar-refractivity contribution in [1.29, 1.82) is 0 Å². The maximum atomic E-state index is 13.7. The van der Waals surface area contributed by atoms with Crippen molar-refractivity contribution in [3.8, 4) is 0 Å². The number of rotatable bonds is 6. The van der Waals surface area contributed by atoms with Gasteiger partial charge in [0.15, 0.2) is 0 Å². The minimum Gasteiger partial charge on any atom is -0.322 e. The van der Waals surface area contributed by atoms with Crippen LogP contribution in [0.25, 0.3) is 0 Å². The van der Waals surface area contributed by atoms with Gasteiger partial charge in [0.25, 0.3) is 15.9 Å². The van der Waals surface area contributed by atoms with Crippen LogP contribution in [0.2, 0.25) is 0 Å². The molecule has 0 heterocycles. The molecule has 0 saturated carbocycles. The Morgan fingerprint density at radius 3 is 2.36 bits per heavy atom. The van der Waals surface area contributed by atoms with Gasteiger partial charge in [0, 0.05) is 11.3 Å². The lowest BCUT2D eigenvalue weighted by molar-refractivity contribution is 0.102. The van der Waals surface area contributed by atoms with Crippen molar-refractivity contribution in [3.05, 3.63) is 89.7 Å². The summed E-state index contributed by atoms with van der Waals surface area (Å²) in [5.74, 6) is -1.02. The molecule has 0 aromatic heterocycles. The monoisotopic (exact) mass is 398 g/mol. The van der Waals surface area contributed by atoms with Gasteiger partial charge in [0.05, 0.1) is 10.6 Å². The molecular weight excluding hydrogens is 379 g/mol. The SMILES string of the molecule is CCc1cccc(NC(=O)c2ccc(S(=O)(=O)Nc3ccccc3F)cc2)c1. The predicted octanol–water partition coefficient (Wildman–Crippen LogP) is 4.44. The second kappa shape index (κ2) is 8.22. The van der Waals surface area contributed by atoms with Gasteiger partial charge in [-0.1, -0.05) is 31.2 Å². The lowest BCUT2D eigenvalue weighted by atomic mass is 10.1. The van der Waals surface area contributed by atoms with Crippen molar-refractivity contribution in [2.45, 2.75) is 18.2 Å². The molecule has 0 aliphatic rings. The number of carbonyl (C=O) groups excluding carboxylic acids is 1. The van der Waals surface area contributed by atoms with Gasteiger partial charge < -0.3 is 5.32 Å². The van der Waals surface area contributed by atoms with E-state index in [0.29, 0.717) is 11.3 Å². The topological polar surface area (TPSA) is 75.3 Å². The fourth-order valence-electron chi connectivity index (χ4n) is 2.61. The molecule has 0 fully saturated rings. The van der Waals surface area contributed by atoms with Crippen molar-refractivity contribution in [2.24, 2.45) is 0 Å². The van der Waals surface area contributed by atoms with E-state index in [1.54, 1.807) is 6.07 Å².